The Labute approximate surface area is 137 Å². The molecule has 1 aliphatic carbocycles. The van der Waals surface area contributed by atoms with Crippen LogP contribution in [-0.2, 0) is 5.54 Å². The maximum absolute atomic E-state index is 12.1. The molecule has 2 aliphatic rings. The monoisotopic (exact) mass is 319 g/mol. The number of urea groups is 1. The lowest BCUT2D eigenvalue weighted by molar-refractivity contribution is 0.171. The molecule has 1 heterocycles. The largest absolute Gasteiger partial charge is 0.486 e. The number of hydrogen-bond acceptors (Lipinski definition) is 4. The summed E-state index contributed by atoms with van der Waals surface area (Å²) in [4.78, 5) is 14.2. The van der Waals surface area contributed by atoms with E-state index in [0.29, 0.717) is 19.8 Å². The highest BCUT2D eigenvalue weighted by molar-refractivity contribution is 5.75. The third-order valence-corrected chi connectivity index (χ3v) is 4.27. The lowest BCUT2D eigenvalue weighted by Crippen LogP contribution is -2.43. The molecule has 0 bridgehead atoms. The Hall–Kier alpha value is -1.95. The highest BCUT2D eigenvalue weighted by atomic mass is 16.6. The third-order valence-electron chi connectivity index (χ3n) is 4.27. The predicted molar refractivity (Wildman–Crippen MR) is 88.0 cm³/mol. The Kier molecular flexibility index (Phi) is 4.61. The van der Waals surface area contributed by atoms with Gasteiger partial charge in [-0.3, -0.25) is 0 Å². The van der Waals surface area contributed by atoms with E-state index in [1.165, 1.54) is 0 Å². The molecule has 6 heteroatoms. The van der Waals surface area contributed by atoms with Gasteiger partial charge < -0.3 is 25.0 Å². The number of rotatable bonds is 6. The van der Waals surface area contributed by atoms with E-state index in [1.807, 2.05) is 32.3 Å². The van der Waals surface area contributed by atoms with Crippen molar-refractivity contribution in [2.75, 3.05) is 40.4 Å². The lowest BCUT2D eigenvalue weighted by Gasteiger charge is -2.23. The summed E-state index contributed by atoms with van der Waals surface area (Å²) in [5.41, 5.74) is 0.840. The van der Waals surface area contributed by atoms with E-state index >= 15 is 0 Å². The van der Waals surface area contributed by atoms with Gasteiger partial charge >= 0.3 is 6.03 Å². The van der Waals surface area contributed by atoms with Crippen LogP contribution >= 0.6 is 0 Å². The Balaban J connectivity index is 1.56. The smallest absolute Gasteiger partial charge is 0.315 e. The van der Waals surface area contributed by atoms with Crippen LogP contribution in [0.4, 0.5) is 4.79 Å². The summed E-state index contributed by atoms with van der Waals surface area (Å²) in [5, 5.41) is 6.05. The van der Waals surface area contributed by atoms with Crippen LogP contribution in [0.1, 0.15) is 24.8 Å². The molecule has 1 fully saturated rings. The molecule has 2 N–H and O–H groups in total. The van der Waals surface area contributed by atoms with Crippen molar-refractivity contribution in [1.82, 2.24) is 15.5 Å². The van der Waals surface area contributed by atoms with Gasteiger partial charge in [0.15, 0.2) is 11.5 Å². The van der Waals surface area contributed by atoms with Crippen molar-refractivity contribution in [1.29, 1.82) is 0 Å². The van der Waals surface area contributed by atoms with Gasteiger partial charge in [0, 0.05) is 6.54 Å². The van der Waals surface area contributed by atoms with Gasteiger partial charge in [0.1, 0.15) is 13.2 Å². The topological polar surface area (TPSA) is 62.8 Å². The van der Waals surface area contributed by atoms with Crippen LogP contribution in [0, 0.1) is 0 Å². The van der Waals surface area contributed by atoms with Crippen molar-refractivity contribution in [2.24, 2.45) is 0 Å². The summed E-state index contributed by atoms with van der Waals surface area (Å²) < 4.78 is 11.2. The van der Waals surface area contributed by atoms with Crippen molar-refractivity contribution >= 4 is 6.03 Å². The number of benzene rings is 1. The van der Waals surface area contributed by atoms with E-state index < -0.39 is 0 Å². The molecule has 1 saturated carbocycles. The van der Waals surface area contributed by atoms with E-state index in [-0.39, 0.29) is 11.6 Å². The summed E-state index contributed by atoms with van der Waals surface area (Å²) in [6.45, 7) is 2.81. The molecule has 3 rings (SSSR count). The van der Waals surface area contributed by atoms with Gasteiger partial charge in [-0.05, 0) is 57.6 Å². The summed E-state index contributed by atoms with van der Waals surface area (Å²) >= 11 is 0. The third kappa shape index (κ3) is 3.88. The molecule has 2 amide bonds. The fourth-order valence-electron chi connectivity index (χ4n) is 2.81. The van der Waals surface area contributed by atoms with E-state index in [1.54, 1.807) is 0 Å². The zero-order valence-electron chi connectivity index (χ0n) is 13.9. The predicted octanol–water partition coefficient (Wildman–Crippen LogP) is 1.70. The van der Waals surface area contributed by atoms with Crippen molar-refractivity contribution < 1.29 is 14.3 Å². The average molecular weight is 319 g/mol. The summed E-state index contributed by atoms with van der Waals surface area (Å²) in [6, 6.07) is 5.84. The van der Waals surface area contributed by atoms with Gasteiger partial charge in [0.2, 0.25) is 0 Å². The molecular weight excluding hydrogens is 294 g/mol. The van der Waals surface area contributed by atoms with Crippen LogP contribution < -0.4 is 20.1 Å². The van der Waals surface area contributed by atoms with Gasteiger partial charge in [-0.15, -0.1) is 0 Å². The van der Waals surface area contributed by atoms with Crippen molar-refractivity contribution in [2.45, 2.75) is 24.8 Å². The minimum atomic E-state index is -0.249. The number of nitrogens with zero attached hydrogens (tertiary/aromatic N) is 1. The molecule has 23 heavy (non-hydrogen) atoms. The zero-order chi connectivity index (χ0) is 16.3. The number of amides is 2. The fraction of sp³-hybridized carbons (Fsp3) is 0.588. The van der Waals surface area contributed by atoms with Gasteiger partial charge in [-0.25, -0.2) is 4.79 Å². The number of carbonyl (C=O) groups excluding carboxylic acids is 1. The van der Waals surface area contributed by atoms with E-state index in [9.17, 15) is 4.79 Å². The Morgan fingerprint density at radius 1 is 1.22 bits per heavy atom. The number of carbonyl (C=O) groups is 1. The minimum Gasteiger partial charge on any atom is -0.486 e. The first-order valence-electron chi connectivity index (χ1n) is 8.20. The average Bonchev–Trinajstić information content (AvgIpc) is 3.31. The van der Waals surface area contributed by atoms with Crippen LogP contribution in [0.25, 0.3) is 0 Å². The number of nitrogens with one attached hydrogen (secondary N) is 2. The molecule has 1 aromatic carbocycles. The fourth-order valence-corrected chi connectivity index (χ4v) is 2.81. The second kappa shape index (κ2) is 6.66. The van der Waals surface area contributed by atoms with E-state index in [0.717, 1.165) is 42.9 Å². The van der Waals surface area contributed by atoms with Gasteiger partial charge in [-0.2, -0.15) is 0 Å². The van der Waals surface area contributed by atoms with Crippen LogP contribution in [-0.4, -0.2) is 51.3 Å². The number of ether oxygens (including phenoxy) is 2. The van der Waals surface area contributed by atoms with Gasteiger partial charge in [0.25, 0.3) is 0 Å². The molecule has 6 nitrogen and oxygen atoms in total. The van der Waals surface area contributed by atoms with Gasteiger partial charge in [-0.1, -0.05) is 6.07 Å². The molecule has 0 radical (unpaired) electrons. The highest BCUT2D eigenvalue weighted by Crippen LogP contribution is 2.47. The lowest BCUT2D eigenvalue weighted by atomic mass is 10.0. The van der Waals surface area contributed by atoms with Crippen molar-refractivity contribution in [3.63, 3.8) is 0 Å². The minimum absolute atomic E-state index is 0.101. The van der Waals surface area contributed by atoms with Crippen LogP contribution in [0.5, 0.6) is 11.5 Å². The Morgan fingerprint density at radius 2 is 1.96 bits per heavy atom. The number of fused-ring (bicyclic) bond motifs is 1. The van der Waals surface area contributed by atoms with Crippen molar-refractivity contribution in [3.05, 3.63) is 23.8 Å². The molecule has 0 unspecified atom stereocenters. The Morgan fingerprint density at radius 3 is 2.65 bits per heavy atom. The van der Waals surface area contributed by atoms with Crippen LogP contribution in [0.15, 0.2) is 18.2 Å². The first-order valence-corrected chi connectivity index (χ1v) is 8.20. The normalized spacial score (nSPS) is 17.7. The zero-order valence-corrected chi connectivity index (χ0v) is 13.9. The maximum Gasteiger partial charge on any atom is 0.315 e. The quantitative estimate of drug-likeness (QED) is 0.784. The standard InChI is InChI=1S/C17H25N3O3/c1-20(2)9-3-8-18-16(21)19-17(6-7-17)13-4-5-14-15(12-13)23-11-10-22-14/h4-5,12H,3,6-11H2,1-2H3,(H2,18,19,21). The second-order valence-corrected chi connectivity index (χ2v) is 6.48. The highest BCUT2D eigenvalue weighted by Gasteiger charge is 2.46. The molecular formula is C17H25N3O3. The second-order valence-electron chi connectivity index (χ2n) is 6.48. The molecule has 1 aliphatic heterocycles. The summed E-state index contributed by atoms with van der Waals surface area (Å²) in [5.74, 6) is 1.55. The summed E-state index contributed by atoms with van der Waals surface area (Å²) in [7, 11) is 4.06. The molecule has 0 spiro atoms. The molecule has 0 atom stereocenters. The number of hydrogen-bond donors (Lipinski definition) is 2. The van der Waals surface area contributed by atoms with Crippen LogP contribution in [0.3, 0.4) is 0 Å². The van der Waals surface area contributed by atoms with Gasteiger partial charge in [0.05, 0.1) is 5.54 Å². The van der Waals surface area contributed by atoms with E-state index in [2.05, 4.69) is 15.5 Å². The van der Waals surface area contributed by atoms with Crippen LogP contribution in [0.2, 0.25) is 0 Å². The SMILES string of the molecule is CN(C)CCCNC(=O)NC1(c2ccc3c(c2)OCCO3)CC1. The maximum atomic E-state index is 12.1. The first-order chi connectivity index (χ1) is 11.1. The molecule has 1 aromatic rings. The molecule has 0 aromatic heterocycles. The molecule has 126 valence electrons. The summed E-state index contributed by atoms with van der Waals surface area (Å²) in [6.07, 6.45) is 2.85. The van der Waals surface area contributed by atoms with E-state index in [4.69, 9.17) is 9.47 Å². The first kappa shape index (κ1) is 15.9. The van der Waals surface area contributed by atoms with Crippen molar-refractivity contribution in [3.8, 4) is 11.5 Å². The molecule has 0 saturated heterocycles. The Bertz CT molecular complexity index is 570.